The summed E-state index contributed by atoms with van der Waals surface area (Å²) in [6, 6.07) is 5.47. The van der Waals surface area contributed by atoms with Crippen LogP contribution in [0.25, 0.3) is 0 Å². The van der Waals surface area contributed by atoms with Crippen molar-refractivity contribution >= 4 is 11.6 Å². The van der Waals surface area contributed by atoms with E-state index in [1.54, 1.807) is 12.1 Å². The fourth-order valence-corrected chi connectivity index (χ4v) is 2.08. The van der Waals surface area contributed by atoms with Gasteiger partial charge in [0.05, 0.1) is 0 Å². The van der Waals surface area contributed by atoms with E-state index in [1.165, 1.54) is 18.9 Å². The van der Waals surface area contributed by atoms with Gasteiger partial charge in [-0.3, -0.25) is 0 Å². The molecule has 1 aliphatic carbocycles. The first kappa shape index (κ1) is 10.9. The van der Waals surface area contributed by atoms with Crippen LogP contribution in [-0.2, 0) is 0 Å². The summed E-state index contributed by atoms with van der Waals surface area (Å²) in [6.07, 6.45) is 3.25. The molecular formula is C12H15ClFN. The molecule has 1 aromatic carbocycles. The van der Waals surface area contributed by atoms with Gasteiger partial charge in [0, 0.05) is 22.7 Å². The number of hydrogen-bond donors (Lipinski definition) is 1. The van der Waals surface area contributed by atoms with E-state index in [0.717, 1.165) is 6.42 Å². The van der Waals surface area contributed by atoms with Gasteiger partial charge in [0.2, 0.25) is 0 Å². The van der Waals surface area contributed by atoms with Gasteiger partial charge in [0.15, 0.2) is 0 Å². The summed E-state index contributed by atoms with van der Waals surface area (Å²) in [6.45, 7) is 2.04. The monoisotopic (exact) mass is 227 g/mol. The van der Waals surface area contributed by atoms with Gasteiger partial charge in [0.1, 0.15) is 5.82 Å². The molecule has 3 heteroatoms. The third-order valence-corrected chi connectivity index (χ3v) is 3.10. The predicted molar refractivity (Wildman–Crippen MR) is 60.6 cm³/mol. The van der Waals surface area contributed by atoms with Gasteiger partial charge in [-0.15, -0.1) is 0 Å². The second-order valence-electron chi connectivity index (χ2n) is 4.04. The summed E-state index contributed by atoms with van der Waals surface area (Å²) in [5.41, 5.74) is 0.619. The van der Waals surface area contributed by atoms with Crippen LogP contribution in [0, 0.1) is 5.82 Å². The molecular weight excluding hydrogens is 213 g/mol. The van der Waals surface area contributed by atoms with Crippen LogP contribution < -0.4 is 5.32 Å². The summed E-state index contributed by atoms with van der Waals surface area (Å²) < 4.78 is 13.6. The van der Waals surface area contributed by atoms with Crippen molar-refractivity contribution in [2.45, 2.75) is 38.3 Å². The van der Waals surface area contributed by atoms with Gasteiger partial charge in [-0.1, -0.05) is 24.6 Å². The molecule has 0 amide bonds. The van der Waals surface area contributed by atoms with Crippen LogP contribution in [0.15, 0.2) is 18.2 Å². The van der Waals surface area contributed by atoms with Gasteiger partial charge in [-0.05, 0) is 31.4 Å². The second-order valence-corrected chi connectivity index (χ2v) is 4.44. The van der Waals surface area contributed by atoms with E-state index < -0.39 is 0 Å². The van der Waals surface area contributed by atoms with Gasteiger partial charge < -0.3 is 5.32 Å². The summed E-state index contributed by atoms with van der Waals surface area (Å²) in [5.74, 6) is -0.206. The van der Waals surface area contributed by atoms with E-state index in [-0.39, 0.29) is 11.9 Å². The molecule has 0 spiro atoms. The molecule has 0 bridgehead atoms. The lowest BCUT2D eigenvalue weighted by atomic mass is 10.0. The molecule has 82 valence electrons. The smallest absolute Gasteiger partial charge is 0.129 e. The van der Waals surface area contributed by atoms with Crippen molar-refractivity contribution in [2.75, 3.05) is 0 Å². The van der Waals surface area contributed by atoms with Gasteiger partial charge in [0.25, 0.3) is 0 Å². The number of hydrogen-bond acceptors (Lipinski definition) is 1. The summed E-state index contributed by atoms with van der Waals surface area (Å²) in [7, 11) is 0. The molecule has 0 radical (unpaired) electrons. The van der Waals surface area contributed by atoms with E-state index in [9.17, 15) is 4.39 Å². The molecule has 0 heterocycles. The number of rotatable bonds is 4. The zero-order chi connectivity index (χ0) is 10.8. The molecule has 1 unspecified atom stereocenters. The maximum absolute atomic E-state index is 13.6. The van der Waals surface area contributed by atoms with Crippen LogP contribution in [0.3, 0.4) is 0 Å². The van der Waals surface area contributed by atoms with Crippen molar-refractivity contribution in [1.82, 2.24) is 5.32 Å². The molecule has 0 aromatic heterocycles. The highest BCUT2D eigenvalue weighted by atomic mass is 35.5. The molecule has 1 nitrogen and oxygen atoms in total. The van der Waals surface area contributed by atoms with Crippen molar-refractivity contribution in [2.24, 2.45) is 0 Å². The van der Waals surface area contributed by atoms with Crippen LogP contribution >= 0.6 is 11.6 Å². The van der Waals surface area contributed by atoms with Crippen LogP contribution in [0.1, 0.15) is 37.8 Å². The minimum atomic E-state index is -0.206. The molecule has 1 aromatic rings. The Hall–Kier alpha value is -0.600. The fraction of sp³-hybridized carbons (Fsp3) is 0.500. The first-order valence-electron chi connectivity index (χ1n) is 5.42. The molecule has 0 aliphatic heterocycles. The third kappa shape index (κ3) is 2.50. The number of benzene rings is 1. The second kappa shape index (κ2) is 4.50. The number of halogens is 2. The summed E-state index contributed by atoms with van der Waals surface area (Å²) in [5, 5.41) is 3.94. The Kier molecular flexibility index (Phi) is 3.27. The Morgan fingerprint density at radius 2 is 2.27 bits per heavy atom. The molecule has 0 saturated heterocycles. The number of nitrogens with one attached hydrogen (secondary N) is 1. The van der Waals surface area contributed by atoms with Gasteiger partial charge in [-0.25, -0.2) is 4.39 Å². The largest absolute Gasteiger partial charge is 0.307 e. The van der Waals surface area contributed by atoms with Crippen molar-refractivity contribution in [3.05, 3.63) is 34.6 Å². The molecule has 1 fully saturated rings. The quantitative estimate of drug-likeness (QED) is 0.828. The van der Waals surface area contributed by atoms with E-state index in [2.05, 4.69) is 5.32 Å². The van der Waals surface area contributed by atoms with Crippen molar-refractivity contribution in [1.29, 1.82) is 0 Å². The Morgan fingerprint density at radius 1 is 1.53 bits per heavy atom. The Bertz CT molecular complexity index is 329. The van der Waals surface area contributed by atoms with Crippen LogP contribution in [0.5, 0.6) is 0 Å². The minimum Gasteiger partial charge on any atom is -0.307 e. The average Bonchev–Trinajstić information content (AvgIpc) is 2.99. The normalized spacial score (nSPS) is 17.8. The SMILES string of the molecule is CCC(NC1CC1)c1c(F)cccc1Cl. The first-order chi connectivity index (χ1) is 7.22. The molecule has 1 atom stereocenters. The topological polar surface area (TPSA) is 12.0 Å². The molecule has 1 aliphatic rings. The Morgan fingerprint density at radius 3 is 2.80 bits per heavy atom. The summed E-state index contributed by atoms with van der Waals surface area (Å²) in [4.78, 5) is 0. The lowest BCUT2D eigenvalue weighted by Gasteiger charge is -2.19. The maximum Gasteiger partial charge on any atom is 0.129 e. The molecule has 1 N–H and O–H groups in total. The van der Waals surface area contributed by atoms with E-state index >= 15 is 0 Å². The minimum absolute atomic E-state index is 0.0474. The molecule has 1 saturated carbocycles. The van der Waals surface area contributed by atoms with Crippen molar-refractivity contribution in [3.8, 4) is 0 Å². The van der Waals surface area contributed by atoms with Crippen LogP contribution in [0.2, 0.25) is 5.02 Å². The highest BCUT2D eigenvalue weighted by Gasteiger charge is 2.26. The van der Waals surface area contributed by atoms with Gasteiger partial charge >= 0.3 is 0 Å². The van der Waals surface area contributed by atoms with E-state index in [1.807, 2.05) is 6.92 Å². The van der Waals surface area contributed by atoms with E-state index in [4.69, 9.17) is 11.6 Å². The highest BCUT2D eigenvalue weighted by molar-refractivity contribution is 6.31. The third-order valence-electron chi connectivity index (χ3n) is 2.77. The Balaban J connectivity index is 2.23. The van der Waals surface area contributed by atoms with Gasteiger partial charge in [-0.2, -0.15) is 0 Å². The highest BCUT2D eigenvalue weighted by Crippen LogP contribution is 2.31. The van der Waals surface area contributed by atoms with E-state index in [0.29, 0.717) is 16.6 Å². The predicted octanol–water partition coefficient (Wildman–Crippen LogP) is 3.68. The maximum atomic E-state index is 13.6. The lowest BCUT2D eigenvalue weighted by molar-refractivity contribution is 0.486. The zero-order valence-electron chi connectivity index (χ0n) is 8.76. The molecule has 15 heavy (non-hydrogen) atoms. The zero-order valence-corrected chi connectivity index (χ0v) is 9.52. The van der Waals surface area contributed by atoms with Crippen LogP contribution in [-0.4, -0.2) is 6.04 Å². The Labute approximate surface area is 94.6 Å². The standard InChI is InChI=1S/C12H15ClFN/c1-2-11(15-8-6-7-8)12-9(13)4-3-5-10(12)14/h3-5,8,11,15H,2,6-7H2,1H3. The first-order valence-corrected chi connectivity index (χ1v) is 5.80. The fourth-order valence-electron chi connectivity index (χ4n) is 1.78. The molecule has 2 rings (SSSR count). The van der Waals surface area contributed by atoms with Crippen molar-refractivity contribution < 1.29 is 4.39 Å². The van der Waals surface area contributed by atoms with Crippen molar-refractivity contribution in [3.63, 3.8) is 0 Å². The lowest BCUT2D eigenvalue weighted by Crippen LogP contribution is -2.24. The van der Waals surface area contributed by atoms with Crippen LogP contribution in [0.4, 0.5) is 4.39 Å². The summed E-state index contributed by atoms with van der Waals surface area (Å²) >= 11 is 6.03. The average molecular weight is 228 g/mol.